The molecule has 1 atom stereocenters. The van der Waals surface area contributed by atoms with Gasteiger partial charge in [-0.2, -0.15) is 11.8 Å². The Balaban J connectivity index is 2.84. The molecule has 0 radical (unpaired) electrons. The zero-order chi connectivity index (χ0) is 16.7. The largest absolute Gasteiger partial charge is 0.339 e. The quantitative estimate of drug-likeness (QED) is 0.781. The first-order valence-corrected chi connectivity index (χ1v) is 8.44. The van der Waals surface area contributed by atoms with Crippen LogP contribution in [0.2, 0.25) is 0 Å². The Hall–Kier alpha value is -1.56. The van der Waals surface area contributed by atoms with Gasteiger partial charge >= 0.3 is 0 Å². The maximum absolute atomic E-state index is 13.9. The lowest BCUT2D eigenvalue weighted by atomic mass is 10.1. The number of benzene rings is 1. The van der Waals surface area contributed by atoms with E-state index >= 15 is 0 Å². The normalized spacial score (nSPS) is 11.9. The molecular formula is C16H23FN2O2S. The fraction of sp³-hybridized carbons (Fsp3) is 0.500. The molecule has 1 unspecified atom stereocenters. The third-order valence-electron chi connectivity index (χ3n) is 3.38. The molecule has 22 heavy (non-hydrogen) atoms. The molecule has 6 heteroatoms. The van der Waals surface area contributed by atoms with Crippen LogP contribution >= 0.6 is 11.8 Å². The topological polar surface area (TPSA) is 49.4 Å². The van der Waals surface area contributed by atoms with Crippen molar-refractivity contribution in [2.45, 2.75) is 33.2 Å². The van der Waals surface area contributed by atoms with E-state index in [9.17, 15) is 14.0 Å². The van der Waals surface area contributed by atoms with Gasteiger partial charge in [-0.1, -0.05) is 6.92 Å². The van der Waals surface area contributed by atoms with Gasteiger partial charge in [-0.15, -0.1) is 0 Å². The first kappa shape index (κ1) is 18.5. The van der Waals surface area contributed by atoms with Crippen molar-refractivity contribution in [2.75, 3.05) is 23.9 Å². The second kappa shape index (κ2) is 8.78. The van der Waals surface area contributed by atoms with Gasteiger partial charge in [0.25, 0.3) is 5.91 Å². The Morgan fingerprint density at radius 1 is 1.41 bits per heavy atom. The van der Waals surface area contributed by atoms with E-state index in [0.717, 1.165) is 17.9 Å². The van der Waals surface area contributed by atoms with Crippen LogP contribution in [0.1, 0.15) is 37.6 Å². The van der Waals surface area contributed by atoms with Crippen molar-refractivity contribution in [3.8, 4) is 0 Å². The fourth-order valence-electron chi connectivity index (χ4n) is 1.95. The van der Waals surface area contributed by atoms with Crippen molar-refractivity contribution in [1.82, 2.24) is 4.90 Å². The predicted molar refractivity (Wildman–Crippen MR) is 89.9 cm³/mol. The van der Waals surface area contributed by atoms with Gasteiger partial charge in [-0.25, -0.2) is 4.39 Å². The van der Waals surface area contributed by atoms with Gasteiger partial charge in [0, 0.05) is 25.7 Å². The van der Waals surface area contributed by atoms with Crippen LogP contribution < -0.4 is 5.32 Å². The van der Waals surface area contributed by atoms with Gasteiger partial charge in [0.1, 0.15) is 5.82 Å². The van der Waals surface area contributed by atoms with Crippen LogP contribution in [0.15, 0.2) is 18.2 Å². The molecule has 1 aromatic carbocycles. The number of amides is 2. The van der Waals surface area contributed by atoms with Crippen molar-refractivity contribution in [1.29, 1.82) is 0 Å². The van der Waals surface area contributed by atoms with Crippen LogP contribution in [-0.4, -0.2) is 41.3 Å². The first-order valence-electron chi connectivity index (χ1n) is 7.28. The number of halogens is 1. The molecule has 0 fully saturated rings. The van der Waals surface area contributed by atoms with Gasteiger partial charge in [0.2, 0.25) is 5.91 Å². The van der Waals surface area contributed by atoms with Crippen molar-refractivity contribution in [3.05, 3.63) is 29.6 Å². The number of anilines is 1. The zero-order valence-electron chi connectivity index (χ0n) is 13.5. The molecule has 0 aromatic heterocycles. The van der Waals surface area contributed by atoms with Gasteiger partial charge in [-0.3, -0.25) is 9.59 Å². The van der Waals surface area contributed by atoms with Gasteiger partial charge in [-0.05, 0) is 43.0 Å². The van der Waals surface area contributed by atoms with Crippen molar-refractivity contribution < 1.29 is 14.0 Å². The maximum Gasteiger partial charge on any atom is 0.256 e. The van der Waals surface area contributed by atoms with Crippen molar-refractivity contribution >= 4 is 29.3 Å². The van der Waals surface area contributed by atoms with E-state index in [1.54, 1.807) is 11.9 Å². The molecule has 0 aliphatic rings. The van der Waals surface area contributed by atoms with Crippen LogP contribution in [0, 0.1) is 5.82 Å². The third-order valence-corrected chi connectivity index (χ3v) is 4.32. The van der Waals surface area contributed by atoms with E-state index in [-0.39, 0.29) is 23.4 Å². The van der Waals surface area contributed by atoms with E-state index < -0.39 is 5.82 Å². The van der Waals surface area contributed by atoms with Crippen LogP contribution in [-0.2, 0) is 4.79 Å². The average molecular weight is 326 g/mol. The molecule has 0 heterocycles. The molecule has 0 saturated heterocycles. The van der Waals surface area contributed by atoms with E-state index in [1.165, 1.54) is 25.1 Å². The first-order chi connectivity index (χ1) is 10.4. The molecular weight excluding hydrogens is 303 g/mol. The number of rotatable bonds is 7. The lowest BCUT2D eigenvalue weighted by Gasteiger charge is -2.25. The van der Waals surface area contributed by atoms with E-state index in [4.69, 9.17) is 0 Å². The maximum atomic E-state index is 13.9. The predicted octanol–water partition coefficient (Wildman–Crippen LogP) is 3.39. The summed E-state index contributed by atoms with van der Waals surface area (Å²) < 4.78 is 13.9. The second-order valence-electron chi connectivity index (χ2n) is 5.13. The second-order valence-corrected chi connectivity index (χ2v) is 6.52. The SMILES string of the molecule is CCSCCC(C)N(C)C(=O)c1cc(NC(C)=O)ccc1F. The third kappa shape index (κ3) is 5.33. The summed E-state index contributed by atoms with van der Waals surface area (Å²) in [5.41, 5.74) is 0.392. The lowest BCUT2D eigenvalue weighted by molar-refractivity contribution is -0.114. The molecule has 1 rings (SSSR count). The molecule has 0 spiro atoms. The summed E-state index contributed by atoms with van der Waals surface area (Å²) in [5.74, 6) is 0.782. The van der Waals surface area contributed by atoms with E-state index in [1.807, 2.05) is 18.7 Å². The Kier molecular flexibility index (Phi) is 7.38. The number of carbonyl (C=O) groups is 2. The smallest absolute Gasteiger partial charge is 0.256 e. The molecule has 0 aliphatic heterocycles. The van der Waals surface area contributed by atoms with Gasteiger partial charge in [0.15, 0.2) is 0 Å². The Morgan fingerprint density at radius 2 is 2.09 bits per heavy atom. The molecule has 0 aliphatic carbocycles. The van der Waals surface area contributed by atoms with Crippen LogP contribution in [0.25, 0.3) is 0 Å². The summed E-state index contributed by atoms with van der Waals surface area (Å²) >= 11 is 1.81. The Morgan fingerprint density at radius 3 is 2.68 bits per heavy atom. The lowest BCUT2D eigenvalue weighted by Crippen LogP contribution is -2.36. The standard InChI is InChI=1S/C16H23FN2O2S/c1-5-22-9-8-11(2)19(4)16(21)14-10-13(18-12(3)20)6-7-15(14)17/h6-7,10-11H,5,8-9H2,1-4H3,(H,18,20). The Labute approximate surface area is 135 Å². The van der Waals surface area contributed by atoms with Crippen LogP contribution in [0.5, 0.6) is 0 Å². The minimum atomic E-state index is -0.582. The molecule has 122 valence electrons. The molecule has 2 amide bonds. The van der Waals surface area contributed by atoms with Gasteiger partial charge in [0.05, 0.1) is 5.56 Å². The summed E-state index contributed by atoms with van der Waals surface area (Å²) in [5, 5.41) is 2.56. The highest BCUT2D eigenvalue weighted by Gasteiger charge is 2.21. The number of hydrogen-bond donors (Lipinski definition) is 1. The highest BCUT2D eigenvalue weighted by molar-refractivity contribution is 7.99. The summed E-state index contributed by atoms with van der Waals surface area (Å²) in [6.07, 6.45) is 0.855. The van der Waals surface area contributed by atoms with E-state index in [2.05, 4.69) is 12.2 Å². The molecule has 0 bridgehead atoms. The highest BCUT2D eigenvalue weighted by Crippen LogP contribution is 2.18. The van der Waals surface area contributed by atoms with Crippen LogP contribution in [0.3, 0.4) is 0 Å². The summed E-state index contributed by atoms with van der Waals surface area (Å²) in [4.78, 5) is 25.1. The summed E-state index contributed by atoms with van der Waals surface area (Å²) in [7, 11) is 1.67. The number of thioether (sulfide) groups is 1. The summed E-state index contributed by atoms with van der Waals surface area (Å²) in [6.45, 7) is 5.40. The molecule has 0 saturated carbocycles. The fourth-order valence-corrected chi connectivity index (χ4v) is 2.75. The minimum absolute atomic E-state index is 0.0235. The van der Waals surface area contributed by atoms with Crippen LogP contribution in [0.4, 0.5) is 10.1 Å². The zero-order valence-corrected chi connectivity index (χ0v) is 14.3. The average Bonchev–Trinajstić information content (AvgIpc) is 2.47. The Bertz CT molecular complexity index is 537. The molecule has 1 N–H and O–H groups in total. The number of carbonyl (C=O) groups excluding carboxylic acids is 2. The molecule has 1 aromatic rings. The van der Waals surface area contributed by atoms with E-state index in [0.29, 0.717) is 5.69 Å². The summed E-state index contributed by atoms with van der Waals surface area (Å²) in [6, 6.07) is 4.04. The minimum Gasteiger partial charge on any atom is -0.339 e. The number of nitrogens with zero attached hydrogens (tertiary/aromatic N) is 1. The van der Waals surface area contributed by atoms with Crippen molar-refractivity contribution in [2.24, 2.45) is 0 Å². The number of nitrogens with one attached hydrogen (secondary N) is 1. The number of hydrogen-bond acceptors (Lipinski definition) is 3. The van der Waals surface area contributed by atoms with Gasteiger partial charge < -0.3 is 10.2 Å². The highest BCUT2D eigenvalue weighted by atomic mass is 32.2. The molecule has 4 nitrogen and oxygen atoms in total. The van der Waals surface area contributed by atoms with Crippen molar-refractivity contribution in [3.63, 3.8) is 0 Å². The monoisotopic (exact) mass is 326 g/mol.